The van der Waals surface area contributed by atoms with E-state index in [0.29, 0.717) is 17.7 Å². The molecule has 0 saturated heterocycles. The molecule has 0 aliphatic carbocycles. The Hall–Kier alpha value is -2.79. The van der Waals surface area contributed by atoms with Crippen LogP contribution in [0.3, 0.4) is 0 Å². The molecule has 1 atom stereocenters. The van der Waals surface area contributed by atoms with Gasteiger partial charge in [0.25, 0.3) is 0 Å². The summed E-state index contributed by atoms with van der Waals surface area (Å²) in [6, 6.07) is 9.40. The number of aliphatic hydroxyl groups excluding tert-OH is 1. The second kappa shape index (κ2) is 12.4. The number of carbonyl (C=O) groups excluding carboxylic acids is 1. The van der Waals surface area contributed by atoms with Gasteiger partial charge in [0.15, 0.2) is 6.79 Å². The van der Waals surface area contributed by atoms with Gasteiger partial charge in [0.05, 0.1) is 7.11 Å². The molecule has 1 unspecified atom stereocenters. The fourth-order valence-corrected chi connectivity index (χ4v) is 4.50. The van der Waals surface area contributed by atoms with Crippen molar-refractivity contribution in [2.45, 2.75) is 84.2 Å². The van der Waals surface area contributed by atoms with Gasteiger partial charge in [-0.3, -0.25) is 0 Å². The molecule has 0 spiro atoms. The van der Waals surface area contributed by atoms with Crippen LogP contribution in [-0.2, 0) is 20.3 Å². The number of hydrogen-bond acceptors (Lipinski definition) is 6. The normalized spacial score (nSPS) is 12.9. The van der Waals surface area contributed by atoms with E-state index in [9.17, 15) is 15.0 Å². The first-order chi connectivity index (χ1) is 17.4. The van der Waals surface area contributed by atoms with E-state index in [1.54, 1.807) is 6.07 Å². The molecule has 2 rings (SSSR count). The number of benzene rings is 2. The summed E-state index contributed by atoms with van der Waals surface area (Å²) in [5.74, 6) is 5.70. The Labute approximate surface area is 229 Å². The molecule has 2 aromatic rings. The zero-order chi connectivity index (χ0) is 28.9. The number of rotatable bonds is 8. The van der Waals surface area contributed by atoms with Crippen molar-refractivity contribution in [3.05, 3.63) is 58.1 Å². The van der Waals surface area contributed by atoms with E-state index in [1.165, 1.54) is 19.2 Å². The second-order valence-corrected chi connectivity index (χ2v) is 18.4. The number of aliphatic hydroxyl groups is 1. The van der Waals surface area contributed by atoms with Gasteiger partial charge in [0.1, 0.15) is 23.2 Å². The van der Waals surface area contributed by atoms with E-state index >= 15 is 0 Å². The highest BCUT2D eigenvalue weighted by Crippen LogP contribution is 2.41. The minimum Gasteiger partial charge on any atom is -0.507 e. The lowest BCUT2D eigenvalue weighted by Gasteiger charge is -2.31. The summed E-state index contributed by atoms with van der Waals surface area (Å²) in [5.41, 5.74) is 2.61. The van der Waals surface area contributed by atoms with Gasteiger partial charge in [-0.2, -0.15) is 0 Å². The van der Waals surface area contributed by atoms with E-state index < -0.39 is 20.1 Å². The highest BCUT2D eigenvalue weighted by molar-refractivity contribution is 6.76. The molecule has 208 valence electrons. The van der Waals surface area contributed by atoms with Crippen LogP contribution in [0, 0.1) is 11.8 Å². The fraction of sp³-hybridized carbons (Fsp3) is 0.516. The summed E-state index contributed by atoms with van der Waals surface area (Å²) in [7, 11) is 0.0620. The Morgan fingerprint density at radius 1 is 1.00 bits per heavy atom. The van der Waals surface area contributed by atoms with Gasteiger partial charge in [0, 0.05) is 31.4 Å². The van der Waals surface area contributed by atoms with Crippen LogP contribution in [-0.4, -0.2) is 44.8 Å². The highest BCUT2D eigenvalue weighted by Gasteiger charge is 2.29. The van der Waals surface area contributed by atoms with Crippen molar-refractivity contribution in [2.75, 3.05) is 20.5 Å². The molecule has 6 nitrogen and oxygen atoms in total. The maximum atomic E-state index is 11.7. The standard InChI is InChI=1S/C31H44O6Si/c1-30(2,3)24-18-22(26(32)14-12-21-11-13-23(27(33)17-21)29(34)35-7)19-25(31(4,5)6)28(24)37-20-36-15-16-38(8,9)10/h11,13,17-19,26,32-33H,15-16,20H2,1-10H3. The lowest BCUT2D eigenvalue weighted by molar-refractivity contribution is 0.0199. The predicted octanol–water partition coefficient (Wildman–Crippen LogP) is 6.55. The van der Waals surface area contributed by atoms with E-state index in [4.69, 9.17) is 9.47 Å². The van der Waals surface area contributed by atoms with Crippen LogP contribution in [0.1, 0.15) is 80.3 Å². The molecule has 0 fully saturated rings. The first-order valence-corrected chi connectivity index (χ1v) is 16.6. The lowest BCUT2D eigenvalue weighted by Crippen LogP contribution is -2.23. The first kappa shape index (κ1) is 31.4. The fourth-order valence-electron chi connectivity index (χ4n) is 3.74. The number of hydrogen-bond donors (Lipinski definition) is 2. The average molecular weight is 541 g/mol. The van der Waals surface area contributed by atoms with Crippen LogP contribution in [0.15, 0.2) is 30.3 Å². The number of phenolic OH excluding ortho intramolecular Hbond substituents is 1. The monoisotopic (exact) mass is 540 g/mol. The second-order valence-electron chi connectivity index (χ2n) is 12.8. The van der Waals surface area contributed by atoms with Gasteiger partial charge in [-0.1, -0.05) is 73.0 Å². The summed E-state index contributed by atoms with van der Waals surface area (Å²) >= 11 is 0. The van der Waals surface area contributed by atoms with Gasteiger partial charge in [-0.25, -0.2) is 4.79 Å². The lowest BCUT2D eigenvalue weighted by atomic mass is 9.78. The summed E-state index contributed by atoms with van der Waals surface area (Å²) < 4.78 is 16.8. The van der Waals surface area contributed by atoms with Crippen molar-refractivity contribution in [3.63, 3.8) is 0 Å². The molecule has 0 heterocycles. The highest BCUT2D eigenvalue weighted by atomic mass is 28.3. The van der Waals surface area contributed by atoms with Gasteiger partial charge < -0.3 is 24.4 Å². The molecule has 2 aromatic carbocycles. The van der Waals surface area contributed by atoms with E-state index in [0.717, 1.165) is 22.9 Å². The van der Waals surface area contributed by atoms with E-state index in [2.05, 4.69) is 77.8 Å². The van der Waals surface area contributed by atoms with Crippen LogP contribution < -0.4 is 4.74 Å². The average Bonchev–Trinajstić information content (AvgIpc) is 2.79. The molecule has 0 aromatic heterocycles. The SMILES string of the molecule is COC(=O)c1ccc(C#CC(O)c2cc(C(C)(C)C)c(OCOCC[Si](C)(C)C)c(C(C)(C)C)c2)cc1O. The molecule has 2 N–H and O–H groups in total. The molecule has 0 amide bonds. The molecule has 0 aliphatic heterocycles. The van der Waals surface area contributed by atoms with Crippen LogP contribution in [0.5, 0.6) is 11.5 Å². The molecule has 7 heteroatoms. The van der Waals surface area contributed by atoms with Gasteiger partial charge in [-0.05, 0) is 52.8 Å². The Bertz CT molecular complexity index is 1150. The van der Waals surface area contributed by atoms with Crippen LogP contribution >= 0.6 is 0 Å². The third kappa shape index (κ3) is 8.90. The van der Waals surface area contributed by atoms with Crippen molar-refractivity contribution >= 4 is 14.0 Å². The predicted molar refractivity (Wildman–Crippen MR) is 155 cm³/mol. The van der Waals surface area contributed by atoms with Crippen molar-refractivity contribution in [1.82, 2.24) is 0 Å². The van der Waals surface area contributed by atoms with E-state index in [-0.39, 0.29) is 28.9 Å². The zero-order valence-electron chi connectivity index (χ0n) is 24.6. The van der Waals surface area contributed by atoms with Crippen LogP contribution in [0.2, 0.25) is 25.7 Å². The Morgan fingerprint density at radius 2 is 1.58 bits per heavy atom. The van der Waals surface area contributed by atoms with Crippen LogP contribution in [0.25, 0.3) is 0 Å². The number of aromatic hydroxyl groups is 1. The molecule has 0 aliphatic rings. The maximum Gasteiger partial charge on any atom is 0.341 e. The van der Waals surface area contributed by atoms with Crippen molar-refractivity contribution < 1.29 is 29.2 Å². The summed E-state index contributed by atoms with van der Waals surface area (Å²) in [4.78, 5) is 11.7. The summed E-state index contributed by atoms with van der Waals surface area (Å²) in [6.45, 7) is 20.5. The van der Waals surface area contributed by atoms with Gasteiger partial charge in [-0.15, -0.1) is 0 Å². The number of phenols is 1. The Kier molecular flexibility index (Phi) is 10.2. The quantitative estimate of drug-likeness (QED) is 0.130. The molecule has 0 radical (unpaired) electrons. The van der Waals surface area contributed by atoms with Crippen LogP contribution in [0.4, 0.5) is 0 Å². The number of ether oxygens (including phenoxy) is 3. The largest absolute Gasteiger partial charge is 0.507 e. The summed E-state index contributed by atoms with van der Waals surface area (Å²) in [5, 5.41) is 21.2. The zero-order valence-corrected chi connectivity index (χ0v) is 25.6. The number of esters is 1. The molecular weight excluding hydrogens is 496 g/mol. The van der Waals surface area contributed by atoms with Gasteiger partial charge >= 0.3 is 5.97 Å². The minimum absolute atomic E-state index is 0.0586. The third-order valence-corrected chi connectivity index (χ3v) is 7.79. The maximum absolute atomic E-state index is 11.7. The topological polar surface area (TPSA) is 85.2 Å². The van der Waals surface area contributed by atoms with E-state index in [1.807, 2.05) is 12.1 Å². The van der Waals surface area contributed by atoms with Gasteiger partial charge in [0.2, 0.25) is 0 Å². The molecular formula is C31H44O6Si. The molecule has 38 heavy (non-hydrogen) atoms. The Balaban J connectivity index is 2.42. The Morgan fingerprint density at radius 3 is 2.05 bits per heavy atom. The molecule has 0 saturated carbocycles. The van der Waals surface area contributed by atoms with Crippen molar-refractivity contribution in [3.8, 4) is 23.3 Å². The number of carbonyl (C=O) groups is 1. The third-order valence-electron chi connectivity index (χ3n) is 6.08. The van der Waals surface area contributed by atoms with Crippen molar-refractivity contribution in [1.29, 1.82) is 0 Å². The molecule has 0 bridgehead atoms. The minimum atomic E-state index is -1.19. The number of methoxy groups -OCH3 is 1. The van der Waals surface area contributed by atoms with Crippen molar-refractivity contribution in [2.24, 2.45) is 0 Å². The first-order valence-electron chi connectivity index (χ1n) is 12.9. The smallest absolute Gasteiger partial charge is 0.341 e. The summed E-state index contributed by atoms with van der Waals surface area (Å²) in [6.07, 6.45) is -1.07.